The maximum atomic E-state index is 12.7. The van der Waals surface area contributed by atoms with Crippen molar-refractivity contribution in [2.24, 2.45) is 0 Å². The van der Waals surface area contributed by atoms with Gasteiger partial charge in [-0.2, -0.15) is 0 Å². The Morgan fingerprint density at radius 2 is 1.81 bits per heavy atom. The van der Waals surface area contributed by atoms with E-state index in [1.165, 1.54) is 19.3 Å². The second-order valence-electron chi connectivity index (χ2n) is 7.01. The first-order valence-electron chi connectivity index (χ1n) is 9.01. The molecule has 0 aliphatic heterocycles. The minimum absolute atomic E-state index is 0.0572. The molecule has 0 heterocycles. The molecule has 0 saturated heterocycles. The topological polar surface area (TPSA) is 52.7 Å². The van der Waals surface area contributed by atoms with Gasteiger partial charge in [-0.1, -0.05) is 42.5 Å². The molecule has 1 aliphatic carbocycles. The van der Waals surface area contributed by atoms with Gasteiger partial charge in [0, 0.05) is 18.8 Å². The van der Waals surface area contributed by atoms with Crippen molar-refractivity contribution in [1.29, 1.82) is 0 Å². The van der Waals surface area contributed by atoms with Gasteiger partial charge in [0.2, 0.25) is 11.8 Å². The number of amides is 2. The van der Waals surface area contributed by atoms with Crippen LogP contribution in [0.4, 0.5) is 5.69 Å². The fraction of sp³-hybridized carbons (Fsp3) is 0.579. The van der Waals surface area contributed by atoms with Gasteiger partial charge in [0.15, 0.2) is 0 Å². The average molecular weight is 400 g/mol. The monoisotopic (exact) mass is 399 g/mol. The zero-order chi connectivity index (χ0) is 19.3. The molecule has 0 unspecified atom stereocenters. The molecule has 0 spiro atoms. The van der Waals surface area contributed by atoms with Crippen LogP contribution in [-0.4, -0.2) is 54.3 Å². The lowest BCUT2D eigenvalue weighted by Gasteiger charge is -2.35. The maximum absolute atomic E-state index is 12.7. The number of nitrogens with one attached hydrogen (secondary N) is 1. The van der Waals surface area contributed by atoms with Gasteiger partial charge >= 0.3 is 0 Å². The molecule has 26 heavy (non-hydrogen) atoms. The quantitative estimate of drug-likeness (QED) is 0.784. The Labute approximate surface area is 165 Å². The summed E-state index contributed by atoms with van der Waals surface area (Å²) in [6.07, 6.45) is 5.74. The van der Waals surface area contributed by atoms with Crippen molar-refractivity contribution in [3.05, 3.63) is 28.2 Å². The van der Waals surface area contributed by atoms with E-state index in [9.17, 15) is 9.59 Å². The number of benzene rings is 1. The highest BCUT2D eigenvalue weighted by Gasteiger charge is 2.28. The van der Waals surface area contributed by atoms with Gasteiger partial charge in [0.1, 0.15) is 0 Å². The van der Waals surface area contributed by atoms with Crippen LogP contribution in [0.1, 0.15) is 39.0 Å². The van der Waals surface area contributed by atoms with E-state index in [0.717, 1.165) is 12.8 Å². The lowest BCUT2D eigenvalue weighted by molar-refractivity contribution is -0.137. The molecular formula is C19H27Cl2N3O2. The van der Waals surface area contributed by atoms with Crippen molar-refractivity contribution in [1.82, 2.24) is 9.80 Å². The number of anilines is 1. The highest BCUT2D eigenvalue weighted by atomic mass is 35.5. The lowest BCUT2D eigenvalue weighted by Crippen LogP contribution is -2.49. The average Bonchev–Trinajstić information content (AvgIpc) is 2.63. The highest BCUT2D eigenvalue weighted by Crippen LogP contribution is 2.25. The molecule has 1 atom stereocenters. The fourth-order valence-corrected chi connectivity index (χ4v) is 3.57. The largest absolute Gasteiger partial charge is 0.341 e. The highest BCUT2D eigenvalue weighted by molar-refractivity contribution is 6.42. The molecule has 144 valence electrons. The van der Waals surface area contributed by atoms with Gasteiger partial charge < -0.3 is 10.2 Å². The molecule has 1 fully saturated rings. The van der Waals surface area contributed by atoms with Gasteiger partial charge in [-0.15, -0.1) is 0 Å². The van der Waals surface area contributed by atoms with E-state index in [0.29, 0.717) is 21.8 Å². The van der Waals surface area contributed by atoms with Gasteiger partial charge in [0.05, 0.1) is 22.6 Å². The Hall–Kier alpha value is -1.30. The Morgan fingerprint density at radius 1 is 1.15 bits per heavy atom. The number of likely N-dealkylation sites (N-methyl/N-ethyl adjacent to an activating group) is 2. The van der Waals surface area contributed by atoms with Crippen LogP contribution in [0, 0.1) is 0 Å². The number of halogens is 2. The van der Waals surface area contributed by atoms with E-state index >= 15 is 0 Å². The van der Waals surface area contributed by atoms with E-state index in [-0.39, 0.29) is 24.4 Å². The molecule has 0 aromatic heterocycles. The molecule has 5 nitrogen and oxygen atoms in total. The predicted molar refractivity (Wildman–Crippen MR) is 107 cm³/mol. The smallest absolute Gasteiger partial charge is 0.239 e. The van der Waals surface area contributed by atoms with Crippen molar-refractivity contribution < 1.29 is 9.59 Å². The standard InChI is InChI=1S/C19H27Cl2N3O2/c1-13(19(26)24(3)15-7-5-4-6-8-15)23(2)12-18(25)22-14-9-10-16(20)17(21)11-14/h9-11,13,15H,4-8,12H2,1-3H3,(H,22,25)/t13-/m0/s1. The summed E-state index contributed by atoms with van der Waals surface area (Å²) in [5, 5.41) is 3.60. The molecule has 1 N–H and O–H groups in total. The first-order valence-corrected chi connectivity index (χ1v) is 9.77. The summed E-state index contributed by atoms with van der Waals surface area (Å²) in [7, 11) is 3.66. The van der Waals surface area contributed by atoms with Gasteiger partial charge in [-0.05, 0) is 45.0 Å². The van der Waals surface area contributed by atoms with Crippen molar-refractivity contribution in [2.45, 2.75) is 51.1 Å². The number of carbonyl (C=O) groups excluding carboxylic acids is 2. The van der Waals surface area contributed by atoms with Crippen LogP contribution in [0.5, 0.6) is 0 Å². The predicted octanol–water partition coefficient (Wildman–Crippen LogP) is 4.04. The van der Waals surface area contributed by atoms with Crippen LogP contribution in [0.15, 0.2) is 18.2 Å². The first-order chi connectivity index (χ1) is 12.3. The SMILES string of the molecule is C[C@@H](C(=O)N(C)C1CCCCC1)N(C)CC(=O)Nc1ccc(Cl)c(Cl)c1. The summed E-state index contributed by atoms with van der Waals surface area (Å²) in [5.74, 6) is -0.146. The Bertz CT molecular complexity index is 648. The van der Waals surface area contributed by atoms with Crippen LogP contribution in [-0.2, 0) is 9.59 Å². The number of rotatable bonds is 6. The third-order valence-electron chi connectivity index (χ3n) is 5.08. The van der Waals surface area contributed by atoms with Crippen molar-refractivity contribution in [3.63, 3.8) is 0 Å². The molecular weight excluding hydrogens is 373 g/mol. The molecule has 1 saturated carbocycles. The third-order valence-corrected chi connectivity index (χ3v) is 5.82. The molecule has 0 bridgehead atoms. The van der Waals surface area contributed by atoms with E-state index in [4.69, 9.17) is 23.2 Å². The number of nitrogens with zero attached hydrogens (tertiary/aromatic N) is 2. The van der Waals surface area contributed by atoms with Gasteiger partial charge in [-0.25, -0.2) is 0 Å². The van der Waals surface area contributed by atoms with E-state index in [1.54, 1.807) is 30.1 Å². The number of hydrogen-bond acceptors (Lipinski definition) is 3. The van der Waals surface area contributed by atoms with E-state index < -0.39 is 0 Å². The van der Waals surface area contributed by atoms with Crippen LogP contribution >= 0.6 is 23.2 Å². The summed E-state index contributed by atoms with van der Waals surface area (Å²) < 4.78 is 0. The summed E-state index contributed by atoms with van der Waals surface area (Å²) in [6.45, 7) is 1.96. The number of hydrogen-bond donors (Lipinski definition) is 1. The summed E-state index contributed by atoms with van der Waals surface area (Å²) in [6, 6.07) is 4.89. The second kappa shape index (κ2) is 9.58. The van der Waals surface area contributed by atoms with Gasteiger partial charge in [-0.3, -0.25) is 14.5 Å². The molecule has 7 heteroatoms. The first kappa shape index (κ1) is 21.0. The summed E-state index contributed by atoms with van der Waals surface area (Å²) in [5.41, 5.74) is 0.580. The molecule has 1 aromatic carbocycles. The van der Waals surface area contributed by atoms with Crippen LogP contribution < -0.4 is 5.32 Å². The van der Waals surface area contributed by atoms with E-state index in [1.807, 2.05) is 18.9 Å². The summed E-state index contributed by atoms with van der Waals surface area (Å²) >= 11 is 11.8. The van der Waals surface area contributed by atoms with Crippen molar-refractivity contribution in [2.75, 3.05) is 26.0 Å². The summed E-state index contributed by atoms with van der Waals surface area (Å²) in [4.78, 5) is 28.6. The zero-order valence-electron chi connectivity index (χ0n) is 15.6. The third kappa shape index (κ3) is 5.60. The molecule has 0 radical (unpaired) electrons. The van der Waals surface area contributed by atoms with Crippen molar-refractivity contribution >= 4 is 40.7 Å². The Kier molecular flexibility index (Phi) is 7.74. The van der Waals surface area contributed by atoms with Crippen LogP contribution in [0.25, 0.3) is 0 Å². The maximum Gasteiger partial charge on any atom is 0.239 e. The normalized spacial score (nSPS) is 16.4. The lowest BCUT2D eigenvalue weighted by atomic mass is 9.94. The van der Waals surface area contributed by atoms with Gasteiger partial charge in [0.25, 0.3) is 0 Å². The molecule has 1 aromatic rings. The van der Waals surface area contributed by atoms with Crippen LogP contribution in [0.2, 0.25) is 10.0 Å². The Balaban J connectivity index is 1.88. The van der Waals surface area contributed by atoms with Crippen molar-refractivity contribution in [3.8, 4) is 0 Å². The molecule has 2 rings (SSSR count). The molecule has 2 amide bonds. The minimum atomic E-state index is -0.360. The fourth-order valence-electron chi connectivity index (χ4n) is 3.27. The Morgan fingerprint density at radius 3 is 2.42 bits per heavy atom. The molecule has 1 aliphatic rings. The van der Waals surface area contributed by atoms with E-state index in [2.05, 4.69) is 5.32 Å². The zero-order valence-corrected chi connectivity index (χ0v) is 17.1. The minimum Gasteiger partial charge on any atom is -0.341 e. The number of carbonyl (C=O) groups is 2. The van der Waals surface area contributed by atoms with Crippen LogP contribution in [0.3, 0.4) is 0 Å². The second-order valence-corrected chi connectivity index (χ2v) is 7.82.